The van der Waals surface area contributed by atoms with Crippen molar-refractivity contribution in [3.05, 3.63) is 0 Å². The molecule has 2 saturated heterocycles. The molecule has 3 aliphatic rings. The van der Waals surface area contributed by atoms with Crippen LogP contribution in [-0.4, -0.2) is 19.5 Å². The third-order valence-electron chi connectivity index (χ3n) is 3.82. The van der Waals surface area contributed by atoms with Crippen LogP contribution in [0.15, 0.2) is 0 Å². The van der Waals surface area contributed by atoms with E-state index in [0.717, 1.165) is 36.9 Å². The van der Waals surface area contributed by atoms with Crippen LogP contribution in [0.25, 0.3) is 0 Å². The summed E-state index contributed by atoms with van der Waals surface area (Å²) in [7, 11) is 0. The van der Waals surface area contributed by atoms with E-state index >= 15 is 0 Å². The third-order valence-corrected chi connectivity index (χ3v) is 3.82. The second kappa shape index (κ2) is 1.99. The van der Waals surface area contributed by atoms with Gasteiger partial charge in [-0.05, 0) is 24.2 Å². The summed E-state index contributed by atoms with van der Waals surface area (Å²) in [6.45, 7) is 4.25. The molecule has 3 unspecified atom stereocenters. The molecule has 0 aromatic carbocycles. The number of ether oxygens (including phenoxy) is 2. The molecule has 1 saturated carbocycles. The molecule has 0 N–H and O–H groups in total. The van der Waals surface area contributed by atoms with Crippen molar-refractivity contribution in [1.29, 1.82) is 0 Å². The summed E-state index contributed by atoms with van der Waals surface area (Å²) in [6, 6.07) is 0. The van der Waals surface area contributed by atoms with E-state index in [9.17, 15) is 0 Å². The summed E-state index contributed by atoms with van der Waals surface area (Å²) in [5.41, 5.74) is 0. The lowest BCUT2D eigenvalue weighted by molar-refractivity contribution is -0.164. The van der Waals surface area contributed by atoms with Crippen molar-refractivity contribution in [3.8, 4) is 0 Å². The molecule has 5 atom stereocenters. The molecule has 2 bridgehead atoms. The molecule has 2 heterocycles. The van der Waals surface area contributed by atoms with Gasteiger partial charge in [-0.15, -0.1) is 0 Å². The minimum absolute atomic E-state index is 0.168. The van der Waals surface area contributed by atoms with E-state index in [1.54, 1.807) is 0 Å². The lowest BCUT2D eigenvalue weighted by Gasteiger charge is -2.26. The number of hydrogen-bond donors (Lipinski definition) is 0. The van der Waals surface area contributed by atoms with Crippen LogP contribution in [0, 0.1) is 23.7 Å². The van der Waals surface area contributed by atoms with E-state index in [1.165, 1.54) is 6.42 Å². The Labute approximate surface area is 66.9 Å². The Morgan fingerprint density at radius 1 is 1.09 bits per heavy atom. The van der Waals surface area contributed by atoms with Crippen LogP contribution in [0.4, 0.5) is 0 Å². The van der Waals surface area contributed by atoms with Crippen molar-refractivity contribution < 1.29 is 9.47 Å². The van der Waals surface area contributed by atoms with E-state index in [-0.39, 0.29) is 6.29 Å². The van der Waals surface area contributed by atoms with Crippen LogP contribution >= 0.6 is 0 Å². The van der Waals surface area contributed by atoms with E-state index < -0.39 is 0 Å². The first kappa shape index (κ1) is 6.44. The highest BCUT2D eigenvalue weighted by atomic mass is 16.7. The van der Waals surface area contributed by atoms with Gasteiger partial charge in [-0.2, -0.15) is 0 Å². The van der Waals surface area contributed by atoms with Crippen molar-refractivity contribution in [2.45, 2.75) is 19.6 Å². The average Bonchev–Trinajstić information content (AvgIpc) is 2.51. The first-order chi connectivity index (χ1) is 5.36. The molecule has 3 rings (SSSR count). The van der Waals surface area contributed by atoms with Gasteiger partial charge in [0.25, 0.3) is 0 Å². The summed E-state index contributed by atoms with van der Waals surface area (Å²) < 4.78 is 11.2. The van der Waals surface area contributed by atoms with Gasteiger partial charge >= 0.3 is 0 Å². The Balaban J connectivity index is 1.96. The standard InChI is InChI=1S/C9H14O2/c1-5-6-2-7-8(5)4-11-9(7)10-3-6/h5-9H,2-4H2,1H3/t5-,6?,7?,8?,9-/m0/s1. The molecule has 0 radical (unpaired) electrons. The molecule has 1 aliphatic carbocycles. The Morgan fingerprint density at radius 3 is 2.82 bits per heavy atom. The molecular weight excluding hydrogens is 140 g/mol. The zero-order valence-corrected chi connectivity index (χ0v) is 6.82. The molecule has 2 aliphatic heterocycles. The zero-order chi connectivity index (χ0) is 7.42. The summed E-state index contributed by atoms with van der Waals surface area (Å²) >= 11 is 0. The van der Waals surface area contributed by atoms with Crippen molar-refractivity contribution in [2.75, 3.05) is 13.2 Å². The van der Waals surface area contributed by atoms with Crippen molar-refractivity contribution in [1.82, 2.24) is 0 Å². The van der Waals surface area contributed by atoms with Gasteiger partial charge in [0.1, 0.15) is 0 Å². The van der Waals surface area contributed by atoms with Crippen LogP contribution in [0.1, 0.15) is 13.3 Å². The van der Waals surface area contributed by atoms with Gasteiger partial charge in [0.2, 0.25) is 0 Å². The van der Waals surface area contributed by atoms with Gasteiger partial charge in [-0.1, -0.05) is 6.92 Å². The van der Waals surface area contributed by atoms with E-state index in [2.05, 4.69) is 6.92 Å². The zero-order valence-electron chi connectivity index (χ0n) is 6.82. The molecule has 2 heteroatoms. The predicted octanol–water partition coefficient (Wildman–Crippen LogP) is 1.26. The highest BCUT2D eigenvalue weighted by Crippen LogP contribution is 2.51. The fourth-order valence-electron chi connectivity index (χ4n) is 3.01. The normalized spacial score (nSPS) is 60.3. The SMILES string of the molecule is C[C@H]1C2CO[C@H]3OCC1C3C2. The predicted molar refractivity (Wildman–Crippen MR) is 39.9 cm³/mol. The van der Waals surface area contributed by atoms with E-state index in [1.807, 2.05) is 0 Å². The fourth-order valence-corrected chi connectivity index (χ4v) is 3.01. The Bertz CT molecular complexity index is 178. The minimum Gasteiger partial charge on any atom is -0.352 e. The maximum absolute atomic E-state index is 5.60. The van der Waals surface area contributed by atoms with Crippen LogP contribution in [0.5, 0.6) is 0 Å². The monoisotopic (exact) mass is 154 g/mol. The molecular formula is C9H14O2. The minimum atomic E-state index is 0.168. The van der Waals surface area contributed by atoms with E-state index in [4.69, 9.17) is 9.47 Å². The molecule has 11 heavy (non-hydrogen) atoms. The summed E-state index contributed by atoms with van der Waals surface area (Å²) in [5.74, 6) is 3.23. The number of rotatable bonds is 0. The van der Waals surface area contributed by atoms with Crippen molar-refractivity contribution in [3.63, 3.8) is 0 Å². The Kier molecular flexibility index (Phi) is 1.16. The summed E-state index contributed by atoms with van der Waals surface area (Å²) in [6.07, 6.45) is 1.53. The molecule has 0 spiro atoms. The topological polar surface area (TPSA) is 18.5 Å². The lowest BCUT2D eigenvalue weighted by Crippen LogP contribution is -2.28. The molecule has 0 aromatic heterocycles. The molecule has 62 valence electrons. The first-order valence-corrected chi connectivity index (χ1v) is 4.59. The number of fused-ring (bicyclic) bond motifs is 1. The second-order valence-electron chi connectivity index (χ2n) is 4.22. The Morgan fingerprint density at radius 2 is 1.91 bits per heavy atom. The maximum Gasteiger partial charge on any atom is 0.160 e. The molecule has 0 aromatic rings. The quantitative estimate of drug-likeness (QED) is 0.523. The van der Waals surface area contributed by atoms with Gasteiger partial charge in [-0.3, -0.25) is 0 Å². The second-order valence-corrected chi connectivity index (χ2v) is 4.22. The molecule has 3 fully saturated rings. The first-order valence-electron chi connectivity index (χ1n) is 4.59. The van der Waals surface area contributed by atoms with Gasteiger partial charge in [-0.25, -0.2) is 0 Å². The lowest BCUT2D eigenvalue weighted by atomic mass is 9.91. The Hall–Kier alpha value is -0.0800. The highest BCUT2D eigenvalue weighted by Gasteiger charge is 2.52. The average molecular weight is 154 g/mol. The van der Waals surface area contributed by atoms with Crippen LogP contribution in [0.3, 0.4) is 0 Å². The molecule has 0 amide bonds. The van der Waals surface area contributed by atoms with E-state index in [0.29, 0.717) is 0 Å². The van der Waals surface area contributed by atoms with Gasteiger partial charge in [0.05, 0.1) is 13.2 Å². The van der Waals surface area contributed by atoms with Crippen LogP contribution < -0.4 is 0 Å². The van der Waals surface area contributed by atoms with Gasteiger partial charge in [0.15, 0.2) is 6.29 Å². The maximum atomic E-state index is 5.60. The highest BCUT2D eigenvalue weighted by molar-refractivity contribution is 4.96. The van der Waals surface area contributed by atoms with Crippen molar-refractivity contribution in [2.24, 2.45) is 23.7 Å². The number of hydrogen-bond acceptors (Lipinski definition) is 2. The fraction of sp³-hybridized carbons (Fsp3) is 1.00. The summed E-state index contributed by atoms with van der Waals surface area (Å²) in [4.78, 5) is 0. The molecule has 2 nitrogen and oxygen atoms in total. The summed E-state index contributed by atoms with van der Waals surface area (Å²) in [5, 5.41) is 0. The largest absolute Gasteiger partial charge is 0.352 e. The van der Waals surface area contributed by atoms with Crippen molar-refractivity contribution >= 4 is 0 Å². The van der Waals surface area contributed by atoms with Crippen LogP contribution in [0.2, 0.25) is 0 Å². The van der Waals surface area contributed by atoms with Gasteiger partial charge in [0, 0.05) is 5.92 Å². The van der Waals surface area contributed by atoms with Gasteiger partial charge < -0.3 is 9.47 Å². The smallest absolute Gasteiger partial charge is 0.160 e. The van der Waals surface area contributed by atoms with Crippen LogP contribution in [-0.2, 0) is 9.47 Å². The third kappa shape index (κ3) is 0.695.